The van der Waals surface area contributed by atoms with Crippen molar-refractivity contribution in [1.82, 2.24) is 4.90 Å². The third kappa shape index (κ3) is 4.39. The fourth-order valence-corrected chi connectivity index (χ4v) is 8.05. The van der Waals surface area contributed by atoms with E-state index in [0.29, 0.717) is 30.4 Å². The summed E-state index contributed by atoms with van der Waals surface area (Å²) in [5.41, 5.74) is 4.97. The van der Waals surface area contributed by atoms with Crippen LogP contribution in [-0.4, -0.2) is 43.1 Å². The summed E-state index contributed by atoms with van der Waals surface area (Å²) in [6, 6.07) is 15.9. The van der Waals surface area contributed by atoms with Gasteiger partial charge >= 0.3 is 0 Å². The molecule has 4 aliphatic rings. The molecule has 1 saturated carbocycles. The maximum absolute atomic E-state index is 14.6. The average molecular weight is 490 g/mol. The predicted octanol–water partition coefficient (Wildman–Crippen LogP) is 3.52. The minimum absolute atomic E-state index is 0.0217. The van der Waals surface area contributed by atoms with Crippen LogP contribution in [0, 0.1) is 18.8 Å². The van der Waals surface area contributed by atoms with Gasteiger partial charge in [-0.05, 0) is 55.6 Å². The standard InChI is InChI=1S/C31H41N3O2/c1-22-12-13-26-28(33-22)20-36-17-15-31(26)21-32-19-27(31)30(35)34-16-14-25(23-8-4-2-5-9-23)18-29(34)24-10-6-3-7-11-24/h2,4-5,8-9,12-13,24-25,27,29,32H,3,6-7,10-11,14-21H2,1H3/p+2/t25-,27+,29+,31+/m1/s1. The number of aromatic amines is 1. The molecular formula is C31H43N3O2+2. The van der Waals surface area contributed by atoms with Crippen molar-refractivity contribution in [3.63, 3.8) is 0 Å². The lowest BCUT2D eigenvalue weighted by atomic mass is 9.68. The predicted molar refractivity (Wildman–Crippen MR) is 139 cm³/mol. The highest BCUT2D eigenvalue weighted by Gasteiger charge is 2.56. The molecule has 1 spiro atoms. The Morgan fingerprint density at radius 2 is 1.92 bits per heavy atom. The van der Waals surface area contributed by atoms with Gasteiger partial charge in [0, 0.05) is 37.7 Å². The Balaban J connectivity index is 1.31. The second-order valence-electron chi connectivity index (χ2n) is 11.9. The normalized spacial score (nSPS) is 31.2. The van der Waals surface area contributed by atoms with Crippen molar-refractivity contribution in [3.05, 3.63) is 65.0 Å². The number of fused-ring (bicyclic) bond motifs is 2. The number of nitrogens with zero attached hydrogens (tertiary/aromatic N) is 1. The molecule has 3 fully saturated rings. The summed E-state index contributed by atoms with van der Waals surface area (Å²) in [4.78, 5) is 20.6. The molecule has 192 valence electrons. The van der Waals surface area contributed by atoms with Crippen LogP contribution in [-0.2, 0) is 21.6 Å². The van der Waals surface area contributed by atoms with E-state index in [0.717, 1.165) is 51.2 Å². The minimum atomic E-state index is -0.138. The molecule has 0 radical (unpaired) electrons. The zero-order valence-corrected chi connectivity index (χ0v) is 21.9. The number of aromatic nitrogens is 1. The summed E-state index contributed by atoms with van der Waals surface area (Å²) in [6.45, 7) is 6.21. The van der Waals surface area contributed by atoms with Crippen LogP contribution in [0.15, 0.2) is 42.5 Å². The van der Waals surface area contributed by atoms with Crippen LogP contribution < -0.4 is 10.3 Å². The molecule has 3 N–H and O–H groups in total. The fraction of sp³-hybridized carbons (Fsp3) is 0.613. The van der Waals surface area contributed by atoms with Gasteiger partial charge in [-0.1, -0.05) is 49.6 Å². The maximum atomic E-state index is 14.6. The molecule has 2 saturated heterocycles. The molecule has 2 aromatic rings. The lowest BCUT2D eigenvalue weighted by Crippen LogP contribution is -2.82. The first-order chi connectivity index (χ1) is 17.7. The van der Waals surface area contributed by atoms with Crippen LogP contribution in [0.1, 0.15) is 79.8 Å². The SMILES string of the molecule is Cc1ccc2c([nH+]1)COCC[C@]21C[NH2+]C[C@H]1C(=O)N1CC[C@@H](c2ccccc2)C[C@H]1C1CCCCC1. The Bertz CT molecular complexity index is 1070. The molecule has 5 nitrogen and oxygen atoms in total. The number of ether oxygens (including phenoxy) is 1. The number of hydrogen-bond acceptors (Lipinski definition) is 2. The Morgan fingerprint density at radius 1 is 1.08 bits per heavy atom. The van der Waals surface area contributed by atoms with Crippen LogP contribution in [0.4, 0.5) is 0 Å². The maximum Gasteiger partial charge on any atom is 0.232 e. The molecule has 4 heterocycles. The van der Waals surface area contributed by atoms with Crippen molar-refractivity contribution in [1.29, 1.82) is 0 Å². The van der Waals surface area contributed by atoms with Crippen molar-refractivity contribution in [3.8, 4) is 0 Å². The molecule has 3 aliphatic heterocycles. The summed E-state index contributed by atoms with van der Waals surface area (Å²) in [6.07, 6.45) is 9.68. The van der Waals surface area contributed by atoms with Gasteiger partial charge in [0.2, 0.25) is 11.6 Å². The first-order valence-corrected chi connectivity index (χ1v) is 14.4. The molecule has 5 heteroatoms. The van der Waals surface area contributed by atoms with Crippen molar-refractivity contribution in [2.45, 2.75) is 82.3 Å². The summed E-state index contributed by atoms with van der Waals surface area (Å²) < 4.78 is 6.05. The topological polar surface area (TPSA) is 60.3 Å². The van der Waals surface area contributed by atoms with E-state index < -0.39 is 0 Å². The van der Waals surface area contributed by atoms with E-state index in [-0.39, 0.29) is 11.3 Å². The summed E-state index contributed by atoms with van der Waals surface area (Å²) >= 11 is 0. The molecule has 4 atom stereocenters. The van der Waals surface area contributed by atoms with E-state index >= 15 is 0 Å². The van der Waals surface area contributed by atoms with E-state index in [4.69, 9.17) is 4.74 Å². The van der Waals surface area contributed by atoms with E-state index in [1.807, 2.05) is 0 Å². The van der Waals surface area contributed by atoms with Gasteiger partial charge in [0.25, 0.3) is 0 Å². The number of nitrogens with one attached hydrogen (secondary N) is 1. The zero-order valence-electron chi connectivity index (χ0n) is 21.9. The van der Waals surface area contributed by atoms with E-state index in [1.165, 1.54) is 48.9 Å². The fourth-order valence-electron chi connectivity index (χ4n) is 8.05. The Kier molecular flexibility index (Phi) is 6.87. The smallest absolute Gasteiger partial charge is 0.232 e. The van der Waals surface area contributed by atoms with Gasteiger partial charge in [-0.2, -0.15) is 0 Å². The molecule has 36 heavy (non-hydrogen) atoms. The first kappa shape index (κ1) is 24.1. The number of carbonyl (C=O) groups is 1. The van der Waals surface area contributed by atoms with Crippen molar-refractivity contribution in [2.75, 3.05) is 26.2 Å². The molecule has 1 aromatic heterocycles. The van der Waals surface area contributed by atoms with Gasteiger partial charge in [-0.3, -0.25) is 4.79 Å². The Morgan fingerprint density at radius 3 is 2.75 bits per heavy atom. The molecule has 0 unspecified atom stereocenters. The molecule has 0 bridgehead atoms. The number of hydrogen-bond donors (Lipinski definition) is 1. The van der Waals surface area contributed by atoms with Gasteiger partial charge in [-0.25, -0.2) is 4.98 Å². The quantitative estimate of drug-likeness (QED) is 0.717. The lowest BCUT2D eigenvalue weighted by molar-refractivity contribution is -0.640. The number of benzene rings is 1. The third-order valence-corrected chi connectivity index (χ3v) is 9.92. The van der Waals surface area contributed by atoms with Crippen LogP contribution in [0.3, 0.4) is 0 Å². The highest BCUT2D eigenvalue weighted by molar-refractivity contribution is 5.82. The zero-order chi connectivity index (χ0) is 24.5. The van der Waals surface area contributed by atoms with Gasteiger partial charge in [0.05, 0.1) is 18.5 Å². The van der Waals surface area contributed by atoms with Gasteiger partial charge in [0.1, 0.15) is 12.5 Å². The van der Waals surface area contributed by atoms with E-state index in [9.17, 15) is 4.79 Å². The highest BCUT2D eigenvalue weighted by atomic mass is 16.5. The number of aryl methyl sites for hydroxylation is 1. The Hall–Kier alpha value is -2.24. The number of pyridine rings is 1. The van der Waals surface area contributed by atoms with E-state index in [1.54, 1.807) is 0 Å². The number of H-pyrrole nitrogens is 1. The molecule has 1 amide bonds. The van der Waals surface area contributed by atoms with Crippen LogP contribution >= 0.6 is 0 Å². The van der Waals surface area contributed by atoms with E-state index in [2.05, 4.69) is 64.6 Å². The third-order valence-electron chi connectivity index (χ3n) is 9.92. The largest absolute Gasteiger partial charge is 0.370 e. The number of rotatable bonds is 3. The number of carbonyl (C=O) groups excluding carboxylic acids is 1. The molecule has 6 rings (SSSR count). The number of amides is 1. The van der Waals surface area contributed by atoms with Gasteiger partial charge < -0.3 is 15.0 Å². The summed E-state index contributed by atoms with van der Waals surface area (Å²) in [5, 5.41) is 2.39. The average Bonchev–Trinajstić information content (AvgIpc) is 3.27. The van der Waals surface area contributed by atoms with Gasteiger partial charge in [0.15, 0.2) is 5.69 Å². The second kappa shape index (κ2) is 10.3. The minimum Gasteiger partial charge on any atom is -0.370 e. The summed E-state index contributed by atoms with van der Waals surface area (Å²) in [5.74, 6) is 1.65. The van der Waals surface area contributed by atoms with Gasteiger partial charge in [-0.15, -0.1) is 0 Å². The Labute approximate surface area is 216 Å². The van der Waals surface area contributed by atoms with Crippen molar-refractivity contribution in [2.24, 2.45) is 11.8 Å². The summed E-state index contributed by atoms with van der Waals surface area (Å²) in [7, 11) is 0. The highest BCUT2D eigenvalue weighted by Crippen LogP contribution is 2.44. The molecular weight excluding hydrogens is 446 g/mol. The van der Waals surface area contributed by atoms with Crippen molar-refractivity contribution >= 4 is 5.91 Å². The lowest BCUT2D eigenvalue weighted by Gasteiger charge is -2.46. The van der Waals surface area contributed by atoms with Crippen LogP contribution in [0.5, 0.6) is 0 Å². The van der Waals surface area contributed by atoms with Crippen molar-refractivity contribution < 1.29 is 19.8 Å². The van der Waals surface area contributed by atoms with Crippen LogP contribution in [0.2, 0.25) is 0 Å². The number of nitrogens with two attached hydrogens (primary N) is 1. The second-order valence-corrected chi connectivity index (χ2v) is 11.9. The number of piperidine rings is 1. The molecule has 1 aromatic carbocycles. The monoisotopic (exact) mass is 489 g/mol. The number of quaternary nitrogens is 1. The first-order valence-electron chi connectivity index (χ1n) is 14.4. The van der Waals surface area contributed by atoms with Crippen LogP contribution in [0.25, 0.3) is 0 Å². The number of likely N-dealkylation sites (tertiary alicyclic amines) is 1. The molecule has 1 aliphatic carbocycles.